The third kappa shape index (κ3) is 35.1. The number of carboxylic acids is 1. The zero-order valence-electron chi connectivity index (χ0n) is 24.6. The van der Waals surface area contributed by atoms with Gasteiger partial charge in [0.05, 0.1) is 0 Å². The summed E-state index contributed by atoms with van der Waals surface area (Å²) in [6, 6.07) is 0. The standard InChI is InChI=1S/C32H65N3O2/c1-2-3-4-5-6-7-8-9-10-11-14-17-20-23-26-33-28-30-35-31-29-34-27-24-21-18-15-12-13-16-19-22-25-32(36)37/h2,33-35H,1,3-31H2,(H,36,37). The molecule has 0 aromatic heterocycles. The first kappa shape index (κ1) is 36.1. The van der Waals surface area contributed by atoms with Crippen molar-refractivity contribution in [2.45, 2.75) is 148 Å². The van der Waals surface area contributed by atoms with Crippen molar-refractivity contribution in [1.29, 1.82) is 0 Å². The molecule has 4 N–H and O–H groups in total. The first-order valence-electron chi connectivity index (χ1n) is 16.2. The average Bonchev–Trinajstić information content (AvgIpc) is 2.89. The molecule has 0 aromatic rings. The Labute approximate surface area is 231 Å². The van der Waals surface area contributed by atoms with Crippen LogP contribution in [0, 0.1) is 0 Å². The molecular weight excluding hydrogens is 458 g/mol. The predicted molar refractivity (Wildman–Crippen MR) is 163 cm³/mol. The summed E-state index contributed by atoms with van der Waals surface area (Å²) >= 11 is 0. The van der Waals surface area contributed by atoms with Crippen LogP contribution in [-0.2, 0) is 4.79 Å². The van der Waals surface area contributed by atoms with Gasteiger partial charge in [0.1, 0.15) is 0 Å². The lowest BCUT2D eigenvalue weighted by Gasteiger charge is -2.08. The maximum Gasteiger partial charge on any atom is 0.303 e. The van der Waals surface area contributed by atoms with Crippen LogP contribution in [0.15, 0.2) is 12.7 Å². The molecule has 0 saturated heterocycles. The fourth-order valence-electron chi connectivity index (χ4n) is 4.80. The van der Waals surface area contributed by atoms with Crippen molar-refractivity contribution in [3.8, 4) is 0 Å². The van der Waals surface area contributed by atoms with E-state index >= 15 is 0 Å². The van der Waals surface area contributed by atoms with E-state index in [1.54, 1.807) is 0 Å². The molecule has 0 fully saturated rings. The second kappa shape index (κ2) is 33.1. The second-order valence-electron chi connectivity index (χ2n) is 10.9. The number of unbranched alkanes of at least 4 members (excludes halogenated alkanes) is 20. The smallest absolute Gasteiger partial charge is 0.303 e. The van der Waals surface area contributed by atoms with Crippen molar-refractivity contribution < 1.29 is 9.90 Å². The van der Waals surface area contributed by atoms with E-state index in [2.05, 4.69) is 22.5 Å². The van der Waals surface area contributed by atoms with E-state index in [-0.39, 0.29) is 0 Å². The van der Waals surface area contributed by atoms with Crippen molar-refractivity contribution in [1.82, 2.24) is 16.0 Å². The second-order valence-corrected chi connectivity index (χ2v) is 10.9. The van der Waals surface area contributed by atoms with Gasteiger partial charge in [0, 0.05) is 32.6 Å². The lowest BCUT2D eigenvalue weighted by Crippen LogP contribution is -2.33. The Morgan fingerprint density at radius 3 is 1.11 bits per heavy atom. The predicted octanol–water partition coefficient (Wildman–Crippen LogP) is 8.00. The van der Waals surface area contributed by atoms with Crippen LogP contribution in [0.3, 0.4) is 0 Å². The summed E-state index contributed by atoms with van der Waals surface area (Å²) in [7, 11) is 0. The normalized spacial score (nSPS) is 11.2. The van der Waals surface area contributed by atoms with Crippen LogP contribution in [-0.4, -0.2) is 50.3 Å². The Bertz CT molecular complexity index is 459. The Balaban J connectivity index is 3.02. The van der Waals surface area contributed by atoms with Gasteiger partial charge < -0.3 is 21.1 Å². The number of carboxylic acid groups (broad SMARTS) is 1. The first-order chi connectivity index (χ1) is 18.3. The maximum absolute atomic E-state index is 10.5. The molecule has 5 nitrogen and oxygen atoms in total. The molecule has 0 radical (unpaired) electrons. The number of nitrogens with one attached hydrogen (secondary N) is 3. The van der Waals surface area contributed by atoms with Crippen LogP contribution in [0.1, 0.15) is 148 Å². The number of carbonyl (C=O) groups is 1. The fraction of sp³-hybridized carbons (Fsp3) is 0.906. The van der Waals surface area contributed by atoms with Crippen LogP contribution in [0.25, 0.3) is 0 Å². The highest BCUT2D eigenvalue weighted by molar-refractivity contribution is 5.66. The van der Waals surface area contributed by atoms with Crippen LogP contribution >= 0.6 is 0 Å². The van der Waals surface area contributed by atoms with Crippen molar-refractivity contribution in [2.24, 2.45) is 0 Å². The van der Waals surface area contributed by atoms with Gasteiger partial charge in [0.15, 0.2) is 0 Å². The average molecular weight is 524 g/mol. The number of hydrogen-bond donors (Lipinski definition) is 4. The van der Waals surface area contributed by atoms with Gasteiger partial charge in [-0.15, -0.1) is 6.58 Å². The molecule has 0 saturated carbocycles. The van der Waals surface area contributed by atoms with Crippen molar-refractivity contribution in [3.63, 3.8) is 0 Å². The zero-order chi connectivity index (χ0) is 26.9. The van der Waals surface area contributed by atoms with E-state index in [0.717, 1.165) is 52.1 Å². The molecule has 0 aliphatic carbocycles. The number of aliphatic carboxylic acids is 1. The van der Waals surface area contributed by atoms with E-state index in [1.165, 1.54) is 128 Å². The molecule has 0 amide bonds. The first-order valence-corrected chi connectivity index (χ1v) is 16.2. The van der Waals surface area contributed by atoms with Gasteiger partial charge in [0.2, 0.25) is 0 Å². The topological polar surface area (TPSA) is 73.4 Å². The quantitative estimate of drug-likeness (QED) is 0.0518. The number of rotatable bonds is 33. The molecule has 0 atom stereocenters. The summed E-state index contributed by atoms with van der Waals surface area (Å²) < 4.78 is 0. The van der Waals surface area contributed by atoms with E-state index < -0.39 is 5.97 Å². The van der Waals surface area contributed by atoms with Gasteiger partial charge in [-0.2, -0.15) is 0 Å². The highest BCUT2D eigenvalue weighted by Crippen LogP contribution is 2.13. The molecule has 0 aliphatic rings. The Hall–Kier alpha value is -0.910. The molecule has 220 valence electrons. The minimum absolute atomic E-state index is 0.331. The van der Waals surface area contributed by atoms with Gasteiger partial charge >= 0.3 is 5.97 Å². The molecule has 37 heavy (non-hydrogen) atoms. The van der Waals surface area contributed by atoms with Crippen molar-refractivity contribution >= 4 is 5.97 Å². The summed E-state index contributed by atoms with van der Waals surface area (Å²) in [5.41, 5.74) is 0. The highest BCUT2D eigenvalue weighted by Gasteiger charge is 1.97. The van der Waals surface area contributed by atoms with Gasteiger partial charge in [-0.25, -0.2) is 0 Å². The van der Waals surface area contributed by atoms with Gasteiger partial charge in [-0.3, -0.25) is 4.79 Å². The maximum atomic E-state index is 10.5. The molecule has 0 heterocycles. The highest BCUT2D eigenvalue weighted by atomic mass is 16.4. The van der Waals surface area contributed by atoms with Gasteiger partial charge in [-0.05, 0) is 45.2 Å². The summed E-state index contributed by atoms with van der Waals surface area (Å²) in [6.45, 7) is 10.3. The van der Waals surface area contributed by atoms with E-state index in [9.17, 15) is 4.79 Å². The molecular formula is C32H65N3O2. The fourth-order valence-corrected chi connectivity index (χ4v) is 4.80. The summed E-state index contributed by atoms with van der Waals surface area (Å²) in [5.74, 6) is -0.661. The molecule has 5 heteroatoms. The zero-order valence-corrected chi connectivity index (χ0v) is 24.6. The molecule has 0 aliphatic heterocycles. The van der Waals surface area contributed by atoms with E-state index in [0.29, 0.717) is 6.42 Å². The summed E-state index contributed by atoms with van der Waals surface area (Å²) in [5, 5.41) is 19.3. The third-order valence-electron chi connectivity index (χ3n) is 7.21. The molecule has 0 bridgehead atoms. The SMILES string of the molecule is C=CCCCCCCCCCCCCCCNCCNCCNCCCCCCCCCCCC(=O)O. The van der Waals surface area contributed by atoms with Crippen LogP contribution in [0.4, 0.5) is 0 Å². The molecule has 0 spiro atoms. The van der Waals surface area contributed by atoms with Crippen molar-refractivity contribution in [3.05, 3.63) is 12.7 Å². The summed E-state index contributed by atoms with van der Waals surface area (Å²) in [4.78, 5) is 10.5. The van der Waals surface area contributed by atoms with E-state index in [4.69, 9.17) is 5.11 Å². The Kier molecular flexibility index (Phi) is 32.3. The van der Waals surface area contributed by atoms with Crippen molar-refractivity contribution in [2.75, 3.05) is 39.3 Å². The Morgan fingerprint density at radius 1 is 0.459 bits per heavy atom. The number of allylic oxidation sites excluding steroid dienone is 1. The largest absolute Gasteiger partial charge is 0.481 e. The minimum atomic E-state index is -0.661. The Morgan fingerprint density at radius 2 is 0.757 bits per heavy atom. The van der Waals surface area contributed by atoms with Gasteiger partial charge in [-0.1, -0.05) is 115 Å². The summed E-state index contributed by atoms with van der Waals surface area (Å²) in [6.07, 6.45) is 31.3. The monoisotopic (exact) mass is 524 g/mol. The molecule has 0 aromatic carbocycles. The molecule has 0 rings (SSSR count). The van der Waals surface area contributed by atoms with Crippen LogP contribution in [0.5, 0.6) is 0 Å². The van der Waals surface area contributed by atoms with Crippen LogP contribution < -0.4 is 16.0 Å². The molecule has 0 unspecified atom stereocenters. The lowest BCUT2D eigenvalue weighted by atomic mass is 10.0. The van der Waals surface area contributed by atoms with Crippen LogP contribution in [0.2, 0.25) is 0 Å². The lowest BCUT2D eigenvalue weighted by molar-refractivity contribution is -0.137. The minimum Gasteiger partial charge on any atom is -0.481 e. The van der Waals surface area contributed by atoms with Gasteiger partial charge in [0.25, 0.3) is 0 Å². The number of hydrogen-bond acceptors (Lipinski definition) is 4. The third-order valence-corrected chi connectivity index (χ3v) is 7.21. The van der Waals surface area contributed by atoms with E-state index in [1.807, 2.05) is 6.08 Å².